The van der Waals surface area contributed by atoms with Crippen molar-refractivity contribution in [2.45, 2.75) is 31.7 Å². The molecule has 0 amide bonds. The third-order valence-electron chi connectivity index (χ3n) is 4.06. The Kier molecular flexibility index (Phi) is 14.7. The Morgan fingerprint density at radius 1 is 1.22 bits per heavy atom. The molecular formula is C18H31Cl3N4O2. The number of hydrogen-bond acceptors (Lipinski definition) is 5. The highest BCUT2D eigenvalue weighted by Crippen LogP contribution is 2.29. The fraction of sp³-hybridized carbons (Fsp3) is 0.500. The number of aromatic nitrogens is 1. The summed E-state index contributed by atoms with van der Waals surface area (Å²) in [6.45, 7) is 1.54. The molecule has 0 bridgehead atoms. The average molecular weight is 442 g/mol. The molecule has 27 heavy (non-hydrogen) atoms. The summed E-state index contributed by atoms with van der Waals surface area (Å²) < 4.78 is 5.60. The second kappa shape index (κ2) is 14.0. The number of carbonyl (C=O) groups excluding carboxylic acids is 1. The number of H-pyrrole nitrogens is 1. The van der Waals surface area contributed by atoms with Crippen LogP contribution in [0.15, 0.2) is 24.4 Å². The van der Waals surface area contributed by atoms with Crippen molar-refractivity contribution in [1.29, 1.82) is 0 Å². The molecule has 6 nitrogen and oxygen atoms in total. The smallest absolute Gasteiger partial charge is 0.328 e. The number of likely N-dealkylation sites (N-methyl/N-ethyl adjacent to an activating group) is 1. The van der Waals surface area contributed by atoms with Gasteiger partial charge in [-0.15, -0.1) is 37.2 Å². The van der Waals surface area contributed by atoms with Crippen molar-refractivity contribution in [3.05, 3.63) is 30.0 Å². The van der Waals surface area contributed by atoms with Gasteiger partial charge in [-0.3, -0.25) is 0 Å². The van der Waals surface area contributed by atoms with Gasteiger partial charge in [-0.25, -0.2) is 4.79 Å². The van der Waals surface area contributed by atoms with Crippen LogP contribution in [0.25, 0.3) is 10.9 Å². The van der Waals surface area contributed by atoms with Crippen LogP contribution in [-0.4, -0.2) is 49.1 Å². The number of esters is 1. The Bertz CT molecular complexity index is 680. The highest BCUT2D eigenvalue weighted by atomic mass is 35.5. The molecule has 9 heteroatoms. The molecule has 1 aromatic carbocycles. The lowest BCUT2D eigenvalue weighted by Crippen LogP contribution is -2.34. The lowest BCUT2D eigenvalue weighted by molar-refractivity contribution is -0.135. The number of rotatable bonds is 9. The molecule has 0 radical (unpaired) electrons. The number of nitrogens with one attached hydrogen (secondary N) is 1. The second-order valence-electron chi connectivity index (χ2n) is 6.36. The molecule has 0 saturated heterocycles. The van der Waals surface area contributed by atoms with Gasteiger partial charge in [0, 0.05) is 23.6 Å². The van der Waals surface area contributed by atoms with E-state index in [0.717, 1.165) is 42.3 Å². The molecule has 0 unspecified atom stereocenters. The normalized spacial score (nSPS) is 11.3. The number of aromatic amines is 1. The van der Waals surface area contributed by atoms with E-state index in [-0.39, 0.29) is 43.2 Å². The van der Waals surface area contributed by atoms with E-state index >= 15 is 0 Å². The van der Waals surface area contributed by atoms with Gasteiger partial charge >= 0.3 is 5.97 Å². The van der Waals surface area contributed by atoms with Crippen molar-refractivity contribution >= 4 is 54.1 Å². The number of ether oxygens (including phenoxy) is 1. The van der Waals surface area contributed by atoms with Crippen LogP contribution in [0.5, 0.6) is 5.75 Å². The number of carbonyl (C=O) groups is 1. The zero-order chi connectivity index (χ0) is 17.5. The molecule has 0 aliphatic rings. The first-order valence-electron chi connectivity index (χ1n) is 8.44. The van der Waals surface area contributed by atoms with Crippen LogP contribution >= 0.6 is 37.2 Å². The maximum absolute atomic E-state index is 12.3. The van der Waals surface area contributed by atoms with Crippen LogP contribution in [-0.2, 0) is 11.2 Å². The third kappa shape index (κ3) is 8.25. The van der Waals surface area contributed by atoms with Crippen LogP contribution in [0.3, 0.4) is 0 Å². The van der Waals surface area contributed by atoms with Gasteiger partial charge in [0.25, 0.3) is 0 Å². The Balaban J connectivity index is 0. The van der Waals surface area contributed by atoms with Crippen molar-refractivity contribution in [3.8, 4) is 5.75 Å². The molecule has 1 aromatic heterocycles. The van der Waals surface area contributed by atoms with Crippen LogP contribution in [0.2, 0.25) is 0 Å². The maximum atomic E-state index is 12.3. The predicted molar refractivity (Wildman–Crippen MR) is 119 cm³/mol. The zero-order valence-electron chi connectivity index (χ0n) is 15.8. The molecular weight excluding hydrogens is 411 g/mol. The number of nitrogens with two attached hydrogens (primary N) is 2. The van der Waals surface area contributed by atoms with E-state index in [4.69, 9.17) is 16.2 Å². The Morgan fingerprint density at radius 3 is 2.56 bits per heavy atom. The second-order valence-corrected chi connectivity index (χ2v) is 6.36. The first-order valence-corrected chi connectivity index (χ1v) is 8.44. The molecule has 1 atom stereocenters. The average Bonchev–Trinajstić information content (AvgIpc) is 2.97. The van der Waals surface area contributed by atoms with Gasteiger partial charge in [0.2, 0.25) is 0 Å². The standard InChI is InChI=1S/C18H28N4O2.3ClH/c1-22(2)11-9-13-12-21-15-7-5-8-16(17(13)15)24-18(23)14(20)6-3-4-10-19;;;/h5,7-8,12,14,21H,3-4,6,9-11,19-20H2,1-2H3;3*1H/t14-;;;/m0.../s1. The van der Waals surface area contributed by atoms with Gasteiger partial charge in [0.15, 0.2) is 0 Å². The third-order valence-corrected chi connectivity index (χ3v) is 4.06. The number of hydrogen-bond donors (Lipinski definition) is 3. The summed E-state index contributed by atoms with van der Waals surface area (Å²) in [6.07, 6.45) is 5.14. The van der Waals surface area contributed by atoms with E-state index < -0.39 is 6.04 Å². The highest BCUT2D eigenvalue weighted by molar-refractivity contribution is 5.92. The first kappa shape index (κ1) is 28.2. The summed E-state index contributed by atoms with van der Waals surface area (Å²) >= 11 is 0. The molecule has 0 spiro atoms. The van der Waals surface area contributed by atoms with Gasteiger partial charge in [-0.05, 0) is 57.6 Å². The Morgan fingerprint density at radius 2 is 1.93 bits per heavy atom. The van der Waals surface area contributed by atoms with Gasteiger partial charge in [0.1, 0.15) is 11.8 Å². The van der Waals surface area contributed by atoms with Crippen LogP contribution < -0.4 is 16.2 Å². The lowest BCUT2D eigenvalue weighted by Gasteiger charge is -2.13. The van der Waals surface area contributed by atoms with E-state index in [2.05, 4.69) is 9.88 Å². The fourth-order valence-corrected chi connectivity index (χ4v) is 2.66. The van der Waals surface area contributed by atoms with E-state index in [9.17, 15) is 4.79 Å². The van der Waals surface area contributed by atoms with Gasteiger partial charge in [0.05, 0.1) is 0 Å². The monoisotopic (exact) mass is 440 g/mol. The van der Waals surface area contributed by atoms with Gasteiger partial charge in [-0.2, -0.15) is 0 Å². The predicted octanol–water partition coefficient (Wildman–Crippen LogP) is 2.90. The lowest BCUT2D eigenvalue weighted by atomic mass is 10.1. The summed E-state index contributed by atoms with van der Waals surface area (Å²) in [6, 6.07) is 5.06. The molecule has 0 aliphatic carbocycles. The van der Waals surface area contributed by atoms with Crippen LogP contribution in [0.4, 0.5) is 0 Å². The van der Waals surface area contributed by atoms with Crippen molar-refractivity contribution < 1.29 is 9.53 Å². The molecule has 156 valence electrons. The largest absolute Gasteiger partial charge is 0.425 e. The molecule has 0 fully saturated rings. The summed E-state index contributed by atoms with van der Waals surface area (Å²) in [7, 11) is 4.08. The van der Waals surface area contributed by atoms with Crippen molar-refractivity contribution in [2.75, 3.05) is 27.2 Å². The molecule has 0 aliphatic heterocycles. The molecule has 2 aromatic rings. The topological polar surface area (TPSA) is 97.4 Å². The molecule has 5 N–H and O–H groups in total. The van der Waals surface area contributed by atoms with Crippen molar-refractivity contribution in [1.82, 2.24) is 9.88 Å². The summed E-state index contributed by atoms with van der Waals surface area (Å²) in [5, 5.41) is 0.960. The van der Waals surface area contributed by atoms with E-state index in [1.807, 2.05) is 38.5 Å². The number of halogens is 3. The Labute approximate surface area is 179 Å². The van der Waals surface area contributed by atoms with Crippen molar-refractivity contribution in [3.63, 3.8) is 0 Å². The number of benzene rings is 1. The fourth-order valence-electron chi connectivity index (χ4n) is 2.66. The quantitative estimate of drug-likeness (QED) is 0.316. The molecule has 2 rings (SSSR count). The van der Waals surface area contributed by atoms with Crippen LogP contribution in [0, 0.1) is 0 Å². The SMILES string of the molecule is CN(C)CCc1c[nH]c2cccc(OC(=O)[C@@H](N)CCCCN)c12.Cl.Cl.Cl. The highest BCUT2D eigenvalue weighted by Gasteiger charge is 2.18. The Hall–Kier alpha value is -1.02. The van der Waals surface area contributed by atoms with Gasteiger partial charge < -0.3 is 26.1 Å². The van der Waals surface area contributed by atoms with E-state index in [1.54, 1.807) is 0 Å². The summed E-state index contributed by atoms with van der Waals surface area (Å²) in [5.74, 6) is 0.182. The summed E-state index contributed by atoms with van der Waals surface area (Å²) in [5.41, 5.74) is 13.5. The minimum absolute atomic E-state index is 0. The van der Waals surface area contributed by atoms with Crippen LogP contribution in [0.1, 0.15) is 24.8 Å². The number of fused-ring (bicyclic) bond motifs is 1. The maximum Gasteiger partial charge on any atom is 0.328 e. The van der Waals surface area contributed by atoms with E-state index in [0.29, 0.717) is 18.7 Å². The van der Waals surface area contributed by atoms with E-state index in [1.165, 1.54) is 0 Å². The number of unbranched alkanes of at least 4 members (excludes halogenated alkanes) is 1. The minimum Gasteiger partial charge on any atom is -0.425 e. The molecule has 0 saturated carbocycles. The first-order chi connectivity index (χ1) is 11.5. The molecule has 1 heterocycles. The van der Waals surface area contributed by atoms with Crippen molar-refractivity contribution in [2.24, 2.45) is 11.5 Å². The minimum atomic E-state index is -0.615. The van der Waals surface area contributed by atoms with Gasteiger partial charge in [-0.1, -0.05) is 12.5 Å². The zero-order valence-corrected chi connectivity index (χ0v) is 18.2. The number of nitrogens with zero attached hydrogens (tertiary/aromatic N) is 1. The summed E-state index contributed by atoms with van der Waals surface area (Å²) in [4.78, 5) is 17.6.